The summed E-state index contributed by atoms with van der Waals surface area (Å²) >= 11 is 0. The lowest BCUT2D eigenvalue weighted by Gasteiger charge is -2.21. The number of amides is 1. The number of benzene rings is 3. The summed E-state index contributed by atoms with van der Waals surface area (Å²) in [6.45, 7) is -0.477. The van der Waals surface area contributed by atoms with Crippen molar-refractivity contribution in [2.75, 3.05) is 20.2 Å². The fraction of sp³-hybridized carbons (Fsp3) is 0.227. The maximum atomic E-state index is 12.8. The van der Waals surface area contributed by atoms with Crippen molar-refractivity contribution in [3.63, 3.8) is 0 Å². The molecule has 0 aliphatic carbocycles. The molecule has 1 amide bonds. The molecule has 3 aromatic rings. The van der Waals surface area contributed by atoms with Gasteiger partial charge in [0.2, 0.25) is 0 Å². The molecule has 3 aromatic carbocycles. The van der Waals surface area contributed by atoms with Crippen LogP contribution < -0.4 is 0 Å². The first kappa shape index (κ1) is 20.8. The predicted octanol–water partition coefficient (Wildman–Crippen LogP) is 3.95. The zero-order valence-electron chi connectivity index (χ0n) is 15.6. The second-order valence-corrected chi connectivity index (χ2v) is 6.80. The Kier molecular flexibility index (Phi) is 5.91. The fourth-order valence-corrected chi connectivity index (χ4v) is 3.24. The number of halogens is 3. The normalized spacial score (nSPS) is 12.8. The Morgan fingerprint density at radius 3 is 2.21 bits per heavy atom. The molecule has 0 fully saturated rings. The molecule has 0 saturated carbocycles. The van der Waals surface area contributed by atoms with Gasteiger partial charge in [-0.25, -0.2) is 0 Å². The molecule has 29 heavy (non-hydrogen) atoms. The Labute approximate surface area is 165 Å². The van der Waals surface area contributed by atoms with E-state index in [0.717, 1.165) is 17.5 Å². The number of fused-ring (bicyclic) bond motifs is 1. The highest BCUT2D eigenvalue weighted by Gasteiger charge is 2.30. The standard InChI is InChI=1S/C22H20F3NO3/c1-26(12-16(28)13-27)21(29)20-11-10-17(18-4-2-3-5-19(18)20)14-6-8-15(9-7-14)22(23,24)25/h2-11,16,27-28H,12-13H2,1H3. The van der Waals surface area contributed by atoms with Crippen molar-refractivity contribution < 1.29 is 28.2 Å². The number of alkyl halides is 3. The van der Waals surface area contributed by atoms with E-state index in [2.05, 4.69) is 0 Å². The van der Waals surface area contributed by atoms with E-state index in [4.69, 9.17) is 5.11 Å². The Balaban J connectivity index is 2.03. The van der Waals surface area contributed by atoms with Gasteiger partial charge in [-0.05, 0) is 40.1 Å². The van der Waals surface area contributed by atoms with E-state index in [9.17, 15) is 23.1 Å². The highest BCUT2D eigenvalue weighted by Crippen LogP contribution is 2.34. The van der Waals surface area contributed by atoms with E-state index in [0.29, 0.717) is 22.1 Å². The summed E-state index contributed by atoms with van der Waals surface area (Å²) in [6, 6.07) is 15.4. The third-order valence-corrected chi connectivity index (χ3v) is 4.72. The smallest absolute Gasteiger partial charge is 0.394 e. The summed E-state index contributed by atoms with van der Waals surface area (Å²) in [5.74, 6) is -0.326. The van der Waals surface area contributed by atoms with E-state index in [-0.39, 0.29) is 12.5 Å². The maximum absolute atomic E-state index is 12.8. The van der Waals surface area contributed by atoms with E-state index < -0.39 is 24.5 Å². The molecule has 4 nitrogen and oxygen atoms in total. The molecule has 0 radical (unpaired) electrons. The predicted molar refractivity (Wildman–Crippen MR) is 104 cm³/mol. The molecule has 1 atom stereocenters. The minimum absolute atomic E-state index is 0.0235. The molecule has 0 heterocycles. The Bertz CT molecular complexity index is 1020. The summed E-state index contributed by atoms with van der Waals surface area (Å²) in [7, 11) is 1.53. The number of rotatable bonds is 5. The quantitative estimate of drug-likeness (QED) is 0.678. The van der Waals surface area contributed by atoms with Gasteiger partial charge in [0.1, 0.15) is 0 Å². The second-order valence-electron chi connectivity index (χ2n) is 6.80. The van der Waals surface area contributed by atoms with Crippen LogP contribution in [0.2, 0.25) is 0 Å². The van der Waals surface area contributed by atoms with Gasteiger partial charge >= 0.3 is 6.18 Å². The second kappa shape index (κ2) is 8.23. The van der Waals surface area contributed by atoms with E-state index in [1.54, 1.807) is 30.3 Å². The summed E-state index contributed by atoms with van der Waals surface area (Å²) in [5, 5.41) is 20.0. The molecule has 152 valence electrons. The summed E-state index contributed by atoms with van der Waals surface area (Å²) in [6.07, 6.45) is -5.44. The van der Waals surface area contributed by atoms with Gasteiger partial charge < -0.3 is 15.1 Å². The maximum Gasteiger partial charge on any atom is 0.416 e. The van der Waals surface area contributed by atoms with Crippen LogP contribution in [-0.4, -0.2) is 47.3 Å². The van der Waals surface area contributed by atoms with Crippen molar-refractivity contribution in [2.45, 2.75) is 12.3 Å². The zero-order valence-corrected chi connectivity index (χ0v) is 15.6. The van der Waals surface area contributed by atoms with Gasteiger partial charge in [-0.3, -0.25) is 4.79 Å². The number of carbonyl (C=O) groups is 1. The molecular formula is C22H20F3NO3. The first-order chi connectivity index (χ1) is 13.7. The highest BCUT2D eigenvalue weighted by atomic mass is 19.4. The molecule has 0 aromatic heterocycles. The lowest BCUT2D eigenvalue weighted by molar-refractivity contribution is -0.137. The SMILES string of the molecule is CN(CC(O)CO)C(=O)c1ccc(-c2ccc(C(F)(F)F)cc2)c2ccccc12. The van der Waals surface area contributed by atoms with Crippen LogP contribution >= 0.6 is 0 Å². The van der Waals surface area contributed by atoms with Gasteiger partial charge in [0.05, 0.1) is 18.3 Å². The lowest BCUT2D eigenvalue weighted by atomic mass is 9.94. The van der Waals surface area contributed by atoms with Crippen LogP contribution in [0.1, 0.15) is 15.9 Å². The lowest BCUT2D eigenvalue weighted by Crippen LogP contribution is -2.35. The van der Waals surface area contributed by atoms with Crippen molar-refractivity contribution in [2.24, 2.45) is 0 Å². The number of hydrogen-bond acceptors (Lipinski definition) is 3. The molecular weight excluding hydrogens is 383 g/mol. The Morgan fingerprint density at radius 2 is 1.62 bits per heavy atom. The van der Waals surface area contributed by atoms with E-state index in [1.165, 1.54) is 24.1 Å². The zero-order chi connectivity index (χ0) is 21.2. The first-order valence-electron chi connectivity index (χ1n) is 8.96. The van der Waals surface area contributed by atoms with Gasteiger partial charge in [-0.2, -0.15) is 13.2 Å². The topological polar surface area (TPSA) is 60.8 Å². The average molecular weight is 403 g/mol. The van der Waals surface area contributed by atoms with Gasteiger partial charge in [0.15, 0.2) is 0 Å². The van der Waals surface area contributed by atoms with Gasteiger partial charge in [0.25, 0.3) is 5.91 Å². The third kappa shape index (κ3) is 4.41. The van der Waals surface area contributed by atoms with Crippen molar-refractivity contribution in [3.05, 3.63) is 71.8 Å². The number of carbonyl (C=O) groups excluding carboxylic acids is 1. The summed E-state index contributed by atoms with van der Waals surface area (Å²) in [4.78, 5) is 14.1. The first-order valence-corrected chi connectivity index (χ1v) is 8.96. The molecule has 1 unspecified atom stereocenters. The molecule has 0 bridgehead atoms. The number of aliphatic hydroxyl groups is 2. The van der Waals surface area contributed by atoms with E-state index >= 15 is 0 Å². The molecule has 3 rings (SSSR count). The van der Waals surface area contributed by atoms with Gasteiger partial charge in [-0.1, -0.05) is 42.5 Å². The van der Waals surface area contributed by atoms with E-state index in [1.807, 2.05) is 6.07 Å². The fourth-order valence-electron chi connectivity index (χ4n) is 3.24. The monoisotopic (exact) mass is 403 g/mol. The Morgan fingerprint density at radius 1 is 1.00 bits per heavy atom. The highest BCUT2D eigenvalue weighted by molar-refractivity contribution is 6.10. The van der Waals surface area contributed by atoms with Crippen LogP contribution in [0.25, 0.3) is 21.9 Å². The van der Waals surface area contributed by atoms with Crippen LogP contribution in [0.4, 0.5) is 13.2 Å². The van der Waals surface area contributed by atoms with Gasteiger partial charge in [0, 0.05) is 19.2 Å². The minimum Gasteiger partial charge on any atom is -0.394 e. The number of aliphatic hydroxyl groups excluding tert-OH is 2. The summed E-state index contributed by atoms with van der Waals surface area (Å²) in [5.41, 5.74) is 1.01. The summed E-state index contributed by atoms with van der Waals surface area (Å²) < 4.78 is 38.5. The molecule has 0 aliphatic heterocycles. The third-order valence-electron chi connectivity index (χ3n) is 4.72. The molecule has 0 aliphatic rings. The van der Waals surface area contributed by atoms with Crippen LogP contribution in [0.15, 0.2) is 60.7 Å². The minimum atomic E-state index is -4.40. The van der Waals surface area contributed by atoms with Crippen molar-refractivity contribution in [1.29, 1.82) is 0 Å². The van der Waals surface area contributed by atoms with Crippen molar-refractivity contribution >= 4 is 16.7 Å². The van der Waals surface area contributed by atoms with Crippen LogP contribution in [0, 0.1) is 0 Å². The average Bonchev–Trinajstić information content (AvgIpc) is 2.71. The van der Waals surface area contributed by atoms with Crippen molar-refractivity contribution in [3.8, 4) is 11.1 Å². The van der Waals surface area contributed by atoms with Crippen LogP contribution in [-0.2, 0) is 6.18 Å². The van der Waals surface area contributed by atoms with Crippen LogP contribution in [0.3, 0.4) is 0 Å². The number of hydrogen-bond donors (Lipinski definition) is 2. The largest absolute Gasteiger partial charge is 0.416 e. The molecule has 0 spiro atoms. The van der Waals surface area contributed by atoms with Gasteiger partial charge in [-0.15, -0.1) is 0 Å². The number of nitrogens with zero attached hydrogens (tertiary/aromatic N) is 1. The molecule has 2 N–H and O–H groups in total. The van der Waals surface area contributed by atoms with Crippen molar-refractivity contribution in [1.82, 2.24) is 4.90 Å². The molecule has 7 heteroatoms. The van der Waals surface area contributed by atoms with Crippen LogP contribution in [0.5, 0.6) is 0 Å². The Hall–Kier alpha value is -2.90. The number of likely N-dealkylation sites (N-methyl/N-ethyl adjacent to an activating group) is 1. The molecule has 0 saturated heterocycles.